The van der Waals surface area contributed by atoms with E-state index in [0.29, 0.717) is 38.4 Å². The van der Waals surface area contributed by atoms with Crippen molar-refractivity contribution in [1.82, 2.24) is 33.8 Å². The van der Waals surface area contributed by atoms with Crippen molar-refractivity contribution in [2.75, 3.05) is 25.4 Å². The van der Waals surface area contributed by atoms with E-state index in [4.69, 9.17) is 0 Å². The summed E-state index contributed by atoms with van der Waals surface area (Å²) in [5.41, 5.74) is 1.37. The SMILES string of the molecule is CCS(=O)(=O)N1CCCC(c2nnc3n2CCN(C(=O)c2cc(C)n(C)n2)C3)C1. The molecule has 0 N–H and O–H groups in total. The van der Waals surface area contributed by atoms with E-state index in [9.17, 15) is 13.2 Å². The predicted molar refractivity (Wildman–Crippen MR) is 106 cm³/mol. The Morgan fingerprint density at radius 1 is 1.24 bits per heavy atom. The van der Waals surface area contributed by atoms with Gasteiger partial charge in [0.25, 0.3) is 5.91 Å². The van der Waals surface area contributed by atoms with Crippen molar-refractivity contribution >= 4 is 15.9 Å². The fourth-order valence-corrected chi connectivity index (χ4v) is 5.25. The van der Waals surface area contributed by atoms with Crippen LogP contribution in [0.2, 0.25) is 0 Å². The lowest BCUT2D eigenvalue weighted by Crippen LogP contribution is -2.42. The molecule has 0 radical (unpaired) electrons. The topological polar surface area (TPSA) is 106 Å². The van der Waals surface area contributed by atoms with Gasteiger partial charge in [-0.15, -0.1) is 10.2 Å². The molecule has 0 aliphatic carbocycles. The second kappa shape index (κ2) is 7.52. The zero-order valence-corrected chi connectivity index (χ0v) is 17.9. The van der Waals surface area contributed by atoms with Crippen LogP contribution in [-0.4, -0.2) is 73.5 Å². The van der Waals surface area contributed by atoms with Gasteiger partial charge in [-0.3, -0.25) is 9.48 Å². The highest BCUT2D eigenvalue weighted by molar-refractivity contribution is 7.89. The van der Waals surface area contributed by atoms with Gasteiger partial charge >= 0.3 is 0 Å². The van der Waals surface area contributed by atoms with E-state index < -0.39 is 10.0 Å². The summed E-state index contributed by atoms with van der Waals surface area (Å²) in [7, 11) is -1.39. The minimum Gasteiger partial charge on any atom is -0.328 e. The number of sulfonamides is 1. The van der Waals surface area contributed by atoms with Gasteiger partial charge in [0.05, 0.1) is 12.3 Å². The average molecular weight is 422 g/mol. The number of hydrogen-bond donors (Lipinski definition) is 0. The standard InChI is InChI=1S/C18H27N7O3S/c1-4-29(27,28)24-7-5-6-14(11-24)17-20-19-16-12-23(8-9-25(16)17)18(26)15-10-13(2)22(3)21-15/h10,14H,4-9,11-12H2,1-3H3. The van der Waals surface area contributed by atoms with Crippen LogP contribution in [0.5, 0.6) is 0 Å². The van der Waals surface area contributed by atoms with Crippen LogP contribution in [0.25, 0.3) is 0 Å². The van der Waals surface area contributed by atoms with E-state index >= 15 is 0 Å². The smallest absolute Gasteiger partial charge is 0.274 e. The minimum absolute atomic E-state index is 0.0343. The molecule has 2 aliphatic heterocycles. The van der Waals surface area contributed by atoms with Crippen molar-refractivity contribution in [3.63, 3.8) is 0 Å². The molecular weight excluding hydrogens is 394 g/mol. The fourth-order valence-electron chi connectivity index (χ4n) is 4.07. The highest BCUT2D eigenvalue weighted by Gasteiger charge is 2.33. The van der Waals surface area contributed by atoms with E-state index in [2.05, 4.69) is 19.9 Å². The van der Waals surface area contributed by atoms with Crippen molar-refractivity contribution in [3.8, 4) is 0 Å². The number of fused-ring (bicyclic) bond motifs is 1. The molecule has 1 saturated heterocycles. The van der Waals surface area contributed by atoms with Crippen LogP contribution in [0, 0.1) is 6.92 Å². The van der Waals surface area contributed by atoms with Crippen LogP contribution in [0.15, 0.2) is 6.07 Å². The normalized spacial score (nSPS) is 20.7. The minimum atomic E-state index is -3.20. The molecular formula is C18H27N7O3S. The molecule has 0 saturated carbocycles. The van der Waals surface area contributed by atoms with Crippen molar-refractivity contribution < 1.29 is 13.2 Å². The monoisotopic (exact) mass is 421 g/mol. The maximum Gasteiger partial charge on any atom is 0.274 e. The van der Waals surface area contributed by atoms with E-state index in [0.717, 1.165) is 30.2 Å². The number of rotatable bonds is 4. The summed E-state index contributed by atoms with van der Waals surface area (Å²) in [6, 6.07) is 1.79. The average Bonchev–Trinajstić information content (AvgIpc) is 3.30. The molecule has 158 valence electrons. The van der Waals surface area contributed by atoms with E-state index in [-0.39, 0.29) is 17.6 Å². The third kappa shape index (κ3) is 3.68. The summed E-state index contributed by atoms with van der Waals surface area (Å²) >= 11 is 0. The van der Waals surface area contributed by atoms with Crippen LogP contribution in [0.4, 0.5) is 0 Å². The number of carbonyl (C=O) groups is 1. The van der Waals surface area contributed by atoms with Crippen molar-refractivity contribution in [2.24, 2.45) is 7.05 Å². The summed E-state index contributed by atoms with van der Waals surface area (Å²) < 4.78 is 29.9. The Labute approximate surface area is 170 Å². The first kappa shape index (κ1) is 20.0. The Morgan fingerprint density at radius 3 is 2.72 bits per heavy atom. The Kier molecular flexibility index (Phi) is 5.19. The Hall–Kier alpha value is -2.27. The maximum absolute atomic E-state index is 12.8. The van der Waals surface area contributed by atoms with Crippen LogP contribution >= 0.6 is 0 Å². The number of amides is 1. The number of aryl methyl sites for hydroxylation is 2. The molecule has 0 bridgehead atoms. The molecule has 2 aromatic heterocycles. The molecule has 1 atom stereocenters. The van der Waals surface area contributed by atoms with Crippen LogP contribution in [0.3, 0.4) is 0 Å². The number of nitrogens with zero attached hydrogens (tertiary/aromatic N) is 7. The van der Waals surface area contributed by atoms with Gasteiger partial charge in [0, 0.05) is 44.8 Å². The van der Waals surface area contributed by atoms with Gasteiger partial charge in [-0.2, -0.15) is 5.10 Å². The molecule has 2 aliphatic rings. The van der Waals surface area contributed by atoms with E-state index in [1.807, 2.05) is 14.0 Å². The third-order valence-corrected chi connectivity index (χ3v) is 7.76. The number of piperidine rings is 1. The van der Waals surface area contributed by atoms with E-state index in [1.54, 1.807) is 26.9 Å². The van der Waals surface area contributed by atoms with Gasteiger partial charge in [0.1, 0.15) is 5.82 Å². The predicted octanol–water partition coefficient (Wildman–Crippen LogP) is 0.505. The van der Waals surface area contributed by atoms with Gasteiger partial charge < -0.3 is 9.47 Å². The van der Waals surface area contributed by atoms with Gasteiger partial charge in [0.2, 0.25) is 10.0 Å². The highest BCUT2D eigenvalue weighted by Crippen LogP contribution is 2.29. The van der Waals surface area contributed by atoms with Crippen molar-refractivity contribution in [1.29, 1.82) is 0 Å². The molecule has 2 aromatic rings. The van der Waals surface area contributed by atoms with Gasteiger partial charge in [-0.1, -0.05) is 0 Å². The first-order chi connectivity index (χ1) is 13.8. The zero-order chi connectivity index (χ0) is 20.8. The fraction of sp³-hybridized carbons (Fsp3) is 0.667. The largest absolute Gasteiger partial charge is 0.328 e. The zero-order valence-electron chi connectivity index (χ0n) is 17.1. The molecule has 10 nitrogen and oxygen atoms in total. The number of hydrogen-bond acceptors (Lipinski definition) is 6. The summed E-state index contributed by atoms with van der Waals surface area (Å²) in [6.07, 6.45) is 1.71. The lowest BCUT2D eigenvalue weighted by atomic mass is 9.98. The van der Waals surface area contributed by atoms with Crippen LogP contribution in [0.1, 0.15) is 53.5 Å². The molecule has 11 heteroatoms. The van der Waals surface area contributed by atoms with Crippen molar-refractivity contribution in [2.45, 2.75) is 45.7 Å². The number of carbonyl (C=O) groups excluding carboxylic acids is 1. The second-order valence-electron chi connectivity index (χ2n) is 7.75. The molecule has 0 spiro atoms. The quantitative estimate of drug-likeness (QED) is 0.712. The van der Waals surface area contributed by atoms with Crippen LogP contribution < -0.4 is 0 Å². The van der Waals surface area contributed by atoms with E-state index in [1.165, 1.54) is 0 Å². The summed E-state index contributed by atoms with van der Waals surface area (Å²) in [6.45, 7) is 6.14. The Balaban J connectivity index is 1.50. The van der Waals surface area contributed by atoms with Gasteiger partial charge in [-0.25, -0.2) is 12.7 Å². The highest BCUT2D eigenvalue weighted by atomic mass is 32.2. The summed E-state index contributed by atoms with van der Waals surface area (Å²) in [5.74, 6) is 1.61. The third-order valence-electron chi connectivity index (χ3n) is 5.91. The molecule has 0 aromatic carbocycles. The molecule has 4 heterocycles. The Bertz CT molecular complexity index is 1010. The first-order valence-corrected chi connectivity index (χ1v) is 11.6. The maximum atomic E-state index is 12.8. The molecule has 4 rings (SSSR count). The summed E-state index contributed by atoms with van der Waals surface area (Å²) in [5, 5.41) is 13.0. The molecule has 29 heavy (non-hydrogen) atoms. The van der Waals surface area contributed by atoms with Gasteiger partial charge in [-0.05, 0) is 32.8 Å². The molecule has 1 fully saturated rings. The summed E-state index contributed by atoms with van der Waals surface area (Å²) in [4.78, 5) is 14.5. The van der Waals surface area contributed by atoms with Crippen molar-refractivity contribution in [3.05, 3.63) is 29.1 Å². The Morgan fingerprint density at radius 2 is 2.03 bits per heavy atom. The lowest BCUT2D eigenvalue weighted by molar-refractivity contribution is 0.0698. The first-order valence-electron chi connectivity index (χ1n) is 10.00. The van der Waals surface area contributed by atoms with Gasteiger partial charge in [0.15, 0.2) is 11.5 Å². The van der Waals surface area contributed by atoms with Crippen LogP contribution in [-0.2, 0) is 30.2 Å². The second-order valence-corrected chi connectivity index (χ2v) is 10.0. The lowest BCUT2D eigenvalue weighted by Gasteiger charge is -2.33. The number of aromatic nitrogens is 5. The molecule has 1 unspecified atom stereocenters. The molecule has 1 amide bonds.